The van der Waals surface area contributed by atoms with Crippen molar-refractivity contribution in [2.45, 2.75) is 13.8 Å². The first kappa shape index (κ1) is 10.6. The van der Waals surface area contributed by atoms with E-state index in [0.29, 0.717) is 18.0 Å². The topological polar surface area (TPSA) is 47.3 Å². The van der Waals surface area contributed by atoms with Gasteiger partial charge in [0.25, 0.3) is 0 Å². The highest BCUT2D eigenvalue weighted by molar-refractivity contribution is 5.68. The van der Waals surface area contributed by atoms with Gasteiger partial charge in [0.05, 0.1) is 18.0 Å². The molecule has 0 heterocycles. The second kappa shape index (κ2) is 4.69. The monoisotopic (exact) mass is 198 g/mol. The van der Waals surface area contributed by atoms with Crippen LogP contribution in [0.5, 0.6) is 5.75 Å². The molecule has 0 bridgehead atoms. The number of halogens is 1. The summed E-state index contributed by atoms with van der Waals surface area (Å²) in [6.07, 6.45) is 0. The third-order valence-electron chi connectivity index (χ3n) is 1.77. The number of benzene rings is 1. The molecule has 1 aromatic rings. The lowest BCUT2D eigenvalue weighted by Gasteiger charge is -2.11. The summed E-state index contributed by atoms with van der Waals surface area (Å²) in [5.41, 5.74) is 6.72. The Kier molecular flexibility index (Phi) is 3.56. The molecule has 4 heteroatoms. The van der Waals surface area contributed by atoms with Crippen molar-refractivity contribution in [2.75, 3.05) is 24.2 Å². The van der Waals surface area contributed by atoms with Crippen molar-refractivity contribution in [2.24, 2.45) is 0 Å². The lowest BCUT2D eigenvalue weighted by atomic mass is 10.2. The van der Waals surface area contributed by atoms with E-state index in [0.717, 1.165) is 6.54 Å². The fraction of sp³-hybridized carbons (Fsp3) is 0.400. The van der Waals surface area contributed by atoms with Gasteiger partial charge in [-0.2, -0.15) is 0 Å². The summed E-state index contributed by atoms with van der Waals surface area (Å²) in [6.45, 7) is 4.93. The second-order valence-electron chi connectivity index (χ2n) is 2.83. The molecule has 1 aromatic carbocycles. The van der Waals surface area contributed by atoms with Crippen LogP contribution in [0.4, 0.5) is 15.8 Å². The first-order valence-electron chi connectivity index (χ1n) is 4.64. The van der Waals surface area contributed by atoms with E-state index in [9.17, 15) is 4.39 Å². The van der Waals surface area contributed by atoms with Crippen LogP contribution in [0.15, 0.2) is 12.1 Å². The van der Waals surface area contributed by atoms with Crippen LogP contribution in [0.2, 0.25) is 0 Å². The maximum absolute atomic E-state index is 13.2. The maximum atomic E-state index is 13.2. The third-order valence-corrected chi connectivity index (χ3v) is 1.77. The Hall–Kier alpha value is -1.45. The van der Waals surface area contributed by atoms with E-state index >= 15 is 0 Å². The minimum atomic E-state index is -0.425. The first-order valence-corrected chi connectivity index (χ1v) is 4.64. The fourth-order valence-electron chi connectivity index (χ4n) is 1.18. The van der Waals surface area contributed by atoms with Gasteiger partial charge in [-0.1, -0.05) is 0 Å². The quantitative estimate of drug-likeness (QED) is 0.729. The van der Waals surface area contributed by atoms with E-state index in [1.807, 2.05) is 13.8 Å². The van der Waals surface area contributed by atoms with Gasteiger partial charge in [-0.25, -0.2) is 4.39 Å². The molecule has 0 aliphatic rings. The standard InChI is InChI=1S/C10H15FN2O/c1-3-13-9-6-10(14-4-2)7(11)5-8(9)12/h5-6,13H,3-4,12H2,1-2H3. The number of ether oxygens (including phenoxy) is 1. The lowest BCUT2D eigenvalue weighted by Crippen LogP contribution is -2.03. The Balaban J connectivity index is 3.00. The summed E-state index contributed by atoms with van der Waals surface area (Å²) in [6, 6.07) is 2.85. The van der Waals surface area contributed by atoms with Gasteiger partial charge < -0.3 is 15.8 Å². The van der Waals surface area contributed by atoms with E-state index < -0.39 is 5.82 Å². The normalized spacial score (nSPS) is 9.93. The molecule has 78 valence electrons. The average Bonchev–Trinajstić information content (AvgIpc) is 2.14. The molecule has 0 saturated heterocycles. The van der Waals surface area contributed by atoms with E-state index in [-0.39, 0.29) is 5.75 Å². The summed E-state index contributed by atoms with van der Waals surface area (Å²) >= 11 is 0. The number of nitrogen functional groups attached to an aromatic ring is 1. The van der Waals surface area contributed by atoms with Gasteiger partial charge in [0.15, 0.2) is 11.6 Å². The number of rotatable bonds is 4. The van der Waals surface area contributed by atoms with Crippen LogP contribution in [-0.2, 0) is 0 Å². The summed E-state index contributed by atoms with van der Waals surface area (Å²) < 4.78 is 18.3. The molecule has 1 rings (SSSR count). The van der Waals surface area contributed by atoms with Gasteiger partial charge in [-0.15, -0.1) is 0 Å². The Morgan fingerprint density at radius 1 is 1.43 bits per heavy atom. The predicted molar refractivity (Wildman–Crippen MR) is 56.1 cm³/mol. The van der Waals surface area contributed by atoms with Gasteiger partial charge in [0, 0.05) is 18.7 Å². The van der Waals surface area contributed by atoms with E-state index in [1.165, 1.54) is 6.07 Å². The number of nitrogens with one attached hydrogen (secondary N) is 1. The van der Waals surface area contributed by atoms with Crippen LogP contribution < -0.4 is 15.8 Å². The van der Waals surface area contributed by atoms with E-state index in [2.05, 4.69) is 5.32 Å². The molecule has 0 fully saturated rings. The van der Waals surface area contributed by atoms with Gasteiger partial charge in [0.1, 0.15) is 0 Å². The molecule has 0 radical (unpaired) electrons. The van der Waals surface area contributed by atoms with Crippen molar-refractivity contribution in [1.29, 1.82) is 0 Å². The molecule has 3 N–H and O–H groups in total. The highest BCUT2D eigenvalue weighted by Gasteiger charge is 2.07. The lowest BCUT2D eigenvalue weighted by molar-refractivity contribution is 0.322. The van der Waals surface area contributed by atoms with Crippen molar-refractivity contribution in [3.8, 4) is 5.75 Å². The third kappa shape index (κ3) is 2.28. The summed E-state index contributed by atoms with van der Waals surface area (Å²) in [5.74, 6) is -0.191. The zero-order valence-corrected chi connectivity index (χ0v) is 8.43. The van der Waals surface area contributed by atoms with E-state index in [1.54, 1.807) is 6.07 Å². The van der Waals surface area contributed by atoms with Crippen LogP contribution in [0.3, 0.4) is 0 Å². The van der Waals surface area contributed by atoms with Crippen LogP contribution in [-0.4, -0.2) is 13.2 Å². The number of hydrogen-bond donors (Lipinski definition) is 2. The Bertz CT molecular complexity index is 288. The minimum absolute atomic E-state index is 0.234. The van der Waals surface area contributed by atoms with Crippen molar-refractivity contribution < 1.29 is 9.13 Å². The second-order valence-corrected chi connectivity index (χ2v) is 2.83. The number of hydrogen-bond acceptors (Lipinski definition) is 3. The molecule has 0 atom stereocenters. The Morgan fingerprint density at radius 3 is 2.71 bits per heavy atom. The summed E-state index contributed by atoms with van der Waals surface area (Å²) in [4.78, 5) is 0. The fourth-order valence-corrected chi connectivity index (χ4v) is 1.18. The van der Waals surface area contributed by atoms with Crippen molar-refractivity contribution >= 4 is 11.4 Å². The highest BCUT2D eigenvalue weighted by atomic mass is 19.1. The van der Waals surface area contributed by atoms with Crippen molar-refractivity contribution in [1.82, 2.24) is 0 Å². The zero-order valence-electron chi connectivity index (χ0n) is 8.43. The summed E-state index contributed by atoms with van der Waals surface area (Å²) in [7, 11) is 0. The molecule has 0 unspecified atom stereocenters. The average molecular weight is 198 g/mol. The molecule has 0 spiro atoms. The largest absolute Gasteiger partial charge is 0.491 e. The molecular formula is C10H15FN2O. The summed E-state index contributed by atoms with van der Waals surface area (Å²) in [5, 5.41) is 3.03. The van der Waals surface area contributed by atoms with Crippen LogP contribution in [0, 0.1) is 5.82 Å². The number of anilines is 2. The first-order chi connectivity index (χ1) is 6.69. The highest BCUT2D eigenvalue weighted by Crippen LogP contribution is 2.27. The Morgan fingerprint density at radius 2 is 2.14 bits per heavy atom. The van der Waals surface area contributed by atoms with E-state index in [4.69, 9.17) is 10.5 Å². The molecule has 14 heavy (non-hydrogen) atoms. The van der Waals surface area contributed by atoms with Crippen LogP contribution in [0.1, 0.15) is 13.8 Å². The van der Waals surface area contributed by atoms with Crippen molar-refractivity contribution in [3.63, 3.8) is 0 Å². The van der Waals surface area contributed by atoms with Crippen LogP contribution in [0.25, 0.3) is 0 Å². The van der Waals surface area contributed by atoms with Gasteiger partial charge >= 0.3 is 0 Å². The SMILES string of the molecule is CCNc1cc(OCC)c(F)cc1N. The molecule has 0 aliphatic heterocycles. The smallest absolute Gasteiger partial charge is 0.167 e. The van der Waals surface area contributed by atoms with Gasteiger partial charge in [-0.05, 0) is 13.8 Å². The van der Waals surface area contributed by atoms with Gasteiger partial charge in [-0.3, -0.25) is 0 Å². The molecule has 0 amide bonds. The zero-order chi connectivity index (χ0) is 10.6. The maximum Gasteiger partial charge on any atom is 0.167 e. The molecule has 0 aliphatic carbocycles. The predicted octanol–water partition coefficient (Wildman–Crippen LogP) is 2.24. The Labute approximate surface area is 83.1 Å². The molecule has 0 aromatic heterocycles. The van der Waals surface area contributed by atoms with Crippen molar-refractivity contribution in [3.05, 3.63) is 17.9 Å². The molecular weight excluding hydrogens is 183 g/mol. The molecule has 3 nitrogen and oxygen atoms in total. The van der Waals surface area contributed by atoms with Crippen LogP contribution >= 0.6 is 0 Å². The minimum Gasteiger partial charge on any atom is -0.491 e. The molecule has 0 saturated carbocycles. The number of nitrogens with two attached hydrogens (primary N) is 1. The van der Waals surface area contributed by atoms with Gasteiger partial charge in [0.2, 0.25) is 0 Å².